The molecule has 3 nitrogen and oxygen atoms in total. The van der Waals surface area contributed by atoms with Crippen LogP contribution in [-0.4, -0.2) is 37.2 Å². The summed E-state index contributed by atoms with van der Waals surface area (Å²) in [5.74, 6) is -0.304. The minimum Gasteiger partial charge on any atom is -0.377 e. The Morgan fingerprint density at radius 3 is 2.84 bits per heavy atom. The van der Waals surface area contributed by atoms with E-state index >= 15 is 0 Å². The highest BCUT2D eigenvalue weighted by molar-refractivity contribution is 6.30. The van der Waals surface area contributed by atoms with Gasteiger partial charge in [0.1, 0.15) is 5.82 Å². The van der Waals surface area contributed by atoms with E-state index in [9.17, 15) is 4.39 Å². The first-order valence-electron chi connectivity index (χ1n) is 6.53. The first kappa shape index (κ1) is 14.7. The van der Waals surface area contributed by atoms with Crippen molar-refractivity contribution in [1.29, 1.82) is 0 Å². The summed E-state index contributed by atoms with van der Waals surface area (Å²) in [5.41, 5.74) is 6.43. The quantitative estimate of drug-likeness (QED) is 0.925. The zero-order valence-corrected chi connectivity index (χ0v) is 12.0. The molecular weight excluding hydrogens is 267 g/mol. The molecule has 0 saturated carbocycles. The number of nitrogens with two attached hydrogens (primary N) is 1. The average molecular weight is 287 g/mol. The fraction of sp³-hybridized carbons (Fsp3) is 0.571. The second kappa shape index (κ2) is 6.18. The summed E-state index contributed by atoms with van der Waals surface area (Å²) in [7, 11) is 1.97. The minimum atomic E-state index is -0.304. The molecule has 3 unspecified atom stereocenters. The summed E-state index contributed by atoms with van der Waals surface area (Å²) in [5, 5.41) is 0.400. The Morgan fingerprint density at radius 1 is 1.58 bits per heavy atom. The fourth-order valence-electron chi connectivity index (χ4n) is 2.77. The summed E-state index contributed by atoms with van der Waals surface area (Å²) in [4.78, 5) is 2.12. The molecule has 1 aliphatic rings. The monoisotopic (exact) mass is 286 g/mol. The molecule has 1 heterocycles. The van der Waals surface area contributed by atoms with E-state index in [0.29, 0.717) is 17.1 Å². The van der Waals surface area contributed by atoms with Gasteiger partial charge in [-0.25, -0.2) is 4.39 Å². The van der Waals surface area contributed by atoms with Gasteiger partial charge < -0.3 is 10.5 Å². The van der Waals surface area contributed by atoms with Crippen molar-refractivity contribution in [3.63, 3.8) is 0 Å². The van der Waals surface area contributed by atoms with Crippen molar-refractivity contribution in [1.82, 2.24) is 4.90 Å². The van der Waals surface area contributed by atoms with Gasteiger partial charge in [-0.3, -0.25) is 4.90 Å². The smallest absolute Gasteiger partial charge is 0.129 e. The summed E-state index contributed by atoms with van der Waals surface area (Å²) in [6, 6.07) is 4.86. The lowest BCUT2D eigenvalue weighted by atomic mass is 10.0. The Hall–Kier alpha value is -0.680. The van der Waals surface area contributed by atoms with Gasteiger partial charge in [0, 0.05) is 35.8 Å². The molecule has 0 spiro atoms. The molecule has 1 aliphatic heterocycles. The van der Waals surface area contributed by atoms with Gasteiger partial charge in [-0.2, -0.15) is 0 Å². The van der Waals surface area contributed by atoms with Gasteiger partial charge in [-0.05, 0) is 32.5 Å². The van der Waals surface area contributed by atoms with E-state index in [2.05, 4.69) is 4.90 Å². The molecule has 0 radical (unpaired) electrons. The van der Waals surface area contributed by atoms with Crippen LogP contribution in [0.15, 0.2) is 18.2 Å². The number of nitrogens with zero attached hydrogens (tertiary/aromatic N) is 1. The Bertz CT molecular complexity index is 443. The van der Waals surface area contributed by atoms with Crippen molar-refractivity contribution in [2.24, 2.45) is 5.73 Å². The Labute approximate surface area is 118 Å². The number of halogens is 2. The molecule has 3 atom stereocenters. The summed E-state index contributed by atoms with van der Waals surface area (Å²) >= 11 is 5.79. The molecular formula is C14H20ClFN2O. The fourth-order valence-corrected chi connectivity index (χ4v) is 2.93. The van der Waals surface area contributed by atoms with Crippen LogP contribution in [-0.2, 0) is 4.74 Å². The maximum absolute atomic E-state index is 14.0. The van der Waals surface area contributed by atoms with Crippen LogP contribution < -0.4 is 5.73 Å². The maximum atomic E-state index is 14.0. The molecule has 2 rings (SSSR count). The number of ether oxygens (including phenoxy) is 1. The lowest BCUT2D eigenvalue weighted by Gasteiger charge is -2.34. The predicted octanol–water partition coefficient (Wildman–Crippen LogP) is 2.59. The predicted molar refractivity (Wildman–Crippen MR) is 74.8 cm³/mol. The molecule has 1 fully saturated rings. The van der Waals surface area contributed by atoms with Crippen LogP contribution in [0.3, 0.4) is 0 Å². The third-order valence-corrected chi connectivity index (χ3v) is 4.13. The van der Waals surface area contributed by atoms with Crippen molar-refractivity contribution in [2.45, 2.75) is 31.5 Å². The number of rotatable bonds is 4. The largest absolute Gasteiger partial charge is 0.377 e. The standard InChI is InChI=1S/C14H20ClFN2O/c1-9-13(5-6-19-9)18(2)14(8-17)11-4-3-10(15)7-12(11)16/h3-4,7,9,13-14H,5-6,8,17H2,1-2H3. The van der Waals surface area contributed by atoms with Crippen LogP contribution in [0, 0.1) is 5.82 Å². The Balaban J connectivity index is 2.23. The summed E-state index contributed by atoms with van der Waals surface area (Å²) in [6.07, 6.45) is 1.10. The molecule has 19 heavy (non-hydrogen) atoms. The van der Waals surface area contributed by atoms with E-state index in [1.807, 2.05) is 14.0 Å². The highest BCUT2D eigenvalue weighted by atomic mass is 35.5. The zero-order valence-electron chi connectivity index (χ0n) is 11.3. The molecule has 0 aliphatic carbocycles. The minimum absolute atomic E-state index is 0.148. The second-order valence-corrected chi connectivity index (χ2v) is 5.45. The molecule has 2 N–H and O–H groups in total. The van der Waals surface area contributed by atoms with Crippen molar-refractivity contribution < 1.29 is 9.13 Å². The van der Waals surface area contributed by atoms with E-state index in [0.717, 1.165) is 13.0 Å². The maximum Gasteiger partial charge on any atom is 0.129 e. The number of benzene rings is 1. The van der Waals surface area contributed by atoms with E-state index in [-0.39, 0.29) is 24.0 Å². The van der Waals surface area contributed by atoms with Gasteiger partial charge in [-0.1, -0.05) is 17.7 Å². The normalized spacial score (nSPS) is 24.9. The Kier molecular flexibility index (Phi) is 4.79. The van der Waals surface area contributed by atoms with E-state index in [4.69, 9.17) is 22.1 Å². The Morgan fingerprint density at radius 2 is 2.32 bits per heavy atom. The van der Waals surface area contributed by atoms with Crippen molar-refractivity contribution in [2.75, 3.05) is 20.2 Å². The van der Waals surface area contributed by atoms with Crippen LogP contribution >= 0.6 is 11.6 Å². The van der Waals surface area contributed by atoms with E-state index < -0.39 is 0 Å². The third-order valence-electron chi connectivity index (χ3n) is 3.90. The van der Waals surface area contributed by atoms with Crippen LogP contribution in [0.1, 0.15) is 24.9 Å². The summed E-state index contributed by atoms with van der Waals surface area (Å²) < 4.78 is 19.6. The van der Waals surface area contributed by atoms with Crippen molar-refractivity contribution >= 4 is 11.6 Å². The number of hydrogen-bond donors (Lipinski definition) is 1. The second-order valence-electron chi connectivity index (χ2n) is 5.01. The van der Waals surface area contributed by atoms with Crippen LogP contribution in [0.2, 0.25) is 5.02 Å². The van der Waals surface area contributed by atoms with Gasteiger partial charge in [0.25, 0.3) is 0 Å². The number of hydrogen-bond acceptors (Lipinski definition) is 3. The van der Waals surface area contributed by atoms with Gasteiger partial charge in [0.2, 0.25) is 0 Å². The molecule has 0 bridgehead atoms. The highest BCUT2D eigenvalue weighted by Crippen LogP contribution is 2.29. The van der Waals surface area contributed by atoms with Crippen LogP contribution in [0.4, 0.5) is 4.39 Å². The molecule has 0 amide bonds. The van der Waals surface area contributed by atoms with Crippen molar-refractivity contribution in [3.05, 3.63) is 34.6 Å². The molecule has 1 aromatic carbocycles. The third kappa shape index (κ3) is 3.08. The first-order chi connectivity index (χ1) is 9.04. The highest BCUT2D eigenvalue weighted by Gasteiger charge is 2.32. The molecule has 1 saturated heterocycles. The SMILES string of the molecule is CC1OCCC1N(C)C(CN)c1ccc(Cl)cc1F. The van der Waals surface area contributed by atoms with Crippen LogP contribution in [0.25, 0.3) is 0 Å². The van der Waals surface area contributed by atoms with E-state index in [1.165, 1.54) is 6.07 Å². The van der Waals surface area contributed by atoms with Gasteiger partial charge in [0.05, 0.1) is 6.10 Å². The lowest BCUT2D eigenvalue weighted by Crippen LogP contribution is -2.42. The molecule has 1 aromatic rings. The molecule has 0 aromatic heterocycles. The molecule has 106 valence electrons. The zero-order chi connectivity index (χ0) is 14.0. The van der Waals surface area contributed by atoms with Gasteiger partial charge >= 0.3 is 0 Å². The average Bonchev–Trinajstić information content (AvgIpc) is 2.78. The number of likely N-dealkylation sites (N-methyl/N-ethyl adjacent to an activating group) is 1. The topological polar surface area (TPSA) is 38.5 Å². The van der Waals surface area contributed by atoms with Crippen LogP contribution in [0.5, 0.6) is 0 Å². The van der Waals surface area contributed by atoms with E-state index in [1.54, 1.807) is 12.1 Å². The first-order valence-corrected chi connectivity index (χ1v) is 6.91. The van der Waals surface area contributed by atoms with Gasteiger partial charge in [-0.15, -0.1) is 0 Å². The summed E-state index contributed by atoms with van der Waals surface area (Å²) in [6.45, 7) is 3.15. The lowest BCUT2D eigenvalue weighted by molar-refractivity contribution is 0.0679. The van der Waals surface area contributed by atoms with Gasteiger partial charge in [0.15, 0.2) is 0 Å². The molecule has 5 heteroatoms. The van der Waals surface area contributed by atoms with Crippen molar-refractivity contribution in [3.8, 4) is 0 Å².